The fourth-order valence-electron chi connectivity index (χ4n) is 1.02. The average molecular weight is 356 g/mol. The lowest BCUT2D eigenvalue weighted by atomic mass is 10.1. The number of carbonyl (C=O) groups excluding carboxylic acids is 2. The van der Waals surface area contributed by atoms with Crippen molar-refractivity contribution in [2.45, 2.75) is 73.5 Å². The van der Waals surface area contributed by atoms with Gasteiger partial charge in [0, 0.05) is 11.1 Å². The van der Waals surface area contributed by atoms with E-state index < -0.39 is 29.1 Å². The van der Waals surface area contributed by atoms with E-state index in [1.807, 2.05) is 20.8 Å². The Labute approximate surface area is 150 Å². The highest BCUT2D eigenvalue weighted by atomic mass is 16.4. The molecule has 0 aliphatic rings. The van der Waals surface area contributed by atoms with Crippen LogP contribution in [0, 0.1) is 22.7 Å². The highest BCUT2D eigenvalue weighted by Gasteiger charge is 2.19. The summed E-state index contributed by atoms with van der Waals surface area (Å²) in [5.41, 5.74) is 3.84. The first-order valence-electron chi connectivity index (χ1n) is 6.69. The number of carbonyl (C=O) groups is 2. The van der Waals surface area contributed by atoms with Crippen LogP contribution in [0.25, 0.3) is 0 Å². The second-order valence-electron chi connectivity index (χ2n) is 6.61. The molecular formula is C16H32N6O3. The fraction of sp³-hybridized carbons (Fsp3) is 0.688. The van der Waals surface area contributed by atoms with Crippen molar-refractivity contribution in [3.8, 4) is 12.1 Å². The van der Waals surface area contributed by atoms with E-state index in [9.17, 15) is 9.59 Å². The molecule has 0 aliphatic carbocycles. The molecule has 1 atom stereocenters. The predicted molar refractivity (Wildman–Crippen MR) is 97.7 cm³/mol. The Morgan fingerprint density at radius 3 is 1.68 bits per heavy atom. The van der Waals surface area contributed by atoms with Crippen molar-refractivity contribution >= 4 is 17.5 Å². The van der Waals surface area contributed by atoms with Crippen LogP contribution >= 0.6 is 0 Å². The number of oxime groups is 1. The molecule has 0 radical (unpaired) electrons. The van der Waals surface area contributed by atoms with Gasteiger partial charge < -0.3 is 21.6 Å². The highest BCUT2D eigenvalue weighted by molar-refractivity contribution is 6.45. The maximum absolute atomic E-state index is 11.0. The van der Waals surface area contributed by atoms with Crippen LogP contribution < -0.4 is 16.4 Å². The van der Waals surface area contributed by atoms with Crippen LogP contribution in [0.2, 0.25) is 0 Å². The largest absolute Gasteiger partial charge is 0.410 e. The number of hydrogen-bond donors (Lipinski definition) is 4. The minimum absolute atomic E-state index is 0. The van der Waals surface area contributed by atoms with Gasteiger partial charge in [-0.05, 0) is 41.5 Å². The van der Waals surface area contributed by atoms with Gasteiger partial charge in [-0.15, -0.1) is 0 Å². The molecular weight excluding hydrogens is 324 g/mol. The van der Waals surface area contributed by atoms with Crippen molar-refractivity contribution in [1.29, 1.82) is 10.5 Å². The molecule has 2 amide bonds. The lowest BCUT2D eigenvalue weighted by Crippen LogP contribution is -2.48. The van der Waals surface area contributed by atoms with E-state index in [-0.39, 0.29) is 20.4 Å². The standard InChI is InChI=1S/C7H11N3O2.C7H13N3O.2CH4/c1-7(2,3)9-6(11)5(4-8)10-12;1-7(2,3)10-6(11)5(9)4-8;;/h12H,1-3H3,(H,9,11);5H,9H2,1-3H3,(H,10,11);2*1H4/b10-5+;;;. The summed E-state index contributed by atoms with van der Waals surface area (Å²) < 4.78 is 0. The van der Waals surface area contributed by atoms with Gasteiger partial charge in [0.25, 0.3) is 11.8 Å². The summed E-state index contributed by atoms with van der Waals surface area (Å²) in [5, 5.41) is 32.3. The summed E-state index contributed by atoms with van der Waals surface area (Å²) in [7, 11) is 0. The van der Waals surface area contributed by atoms with E-state index in [0.717, 1.165) is 0 Å². The van der Waals surface area contributed by atoms with Crippen LogP contribution in [0.3, 0.4) is 0 Å². The first-order valence-corrected chi connectivity index (χ1v) is 6.69. The molecule has 0 aromatic heterocycles. The molecule has 0 bridgehead atoms. The maximum atomic E-state index is 11.0. The smallest absolute Gasteiger partial charge is 0.284 e. The second-order valence-corrected chi connectivity index (χ2v) is 6.61. The molecule has 25 heavy (non-hydrogen) atoms. The molecule has 0 aromatic rings. The van der Waals surface area contributed by atoms with Gasteiger partial charge in [0.05, 0.1) is 6.07 Å². The topological polar surface area (TPSA) is 164 Å². The minimum atomic E-state index is -1.06. The number of nitrogens with two attached hydrogens (primary N) is 1. The van der Waals surface area contributed by atoms with Gasteiger partial charge in [0.15, 0.2) is 6.04 Å². The summed E-state index contributed by atoms with van der Waals surface area (Å²) in [6.07, 6.45) is 0. The van der Waals surface area contributed by atoms with E-state index in [1.165, 1.54) is 6.07 Å². The molecule has 144 valence electrons. The molecule has 9 heteroatoms. The van der Waals surface area contributed by atoms with Gasteiger partial charge in [0.1, 0.15) is 6.07 Å². The molecule has 0 heterocycles. The van der Waals surface area contributed by atoms with Crippen molar-refractivity contribution in [1.82, 2.24) is 10.6 Å². The lowest BCUT2D eigenvalue weighted by molar-refractivity contribution is -0.122. The number of nitriles is 2. The monoisotopic (exact) mass is 356 g/mol. The third-order valence-electron chi connectivity index (χ3n) is 1.83. The van der Waals surface area contributed by atoms with Gasteiger partial charge in [-0.1, -0.05) is 20.0 Å². The Morgan fingerprint density at radius 2 is 1.44 bits per heavy atom. The zero-order chi connectivity index (χ0) is 18.8. The second kappa shape index (κ2) is 12.7. The van der Waals surface area contributed by atoms with Crippen molar-refractivity contribution in [2.24, 2.45) is 10.9 Å². The van der Waals surface area contributed by atoms with E-state index in [2.05, 4.69) is 15.8 Å². The maximum Gasteiger partial charge on any atom is 0.284 e. The average Bonchev–Trinajstić information content (AvgIpc) is 2.35. The van der Waals surface area contributed by atoms with Gasteiger partial charge in [-0.25, -0.2) is 0 Å². The van der Waals surface area contributed by atoms with Crippen molar-refractivity contribution in [2.75, 3.05) is 0 Å². The van der Waals surface area contributed by atoms with E-state index in [1.54, 1.807) is 26.8 Å². The Balaban J connectivity index is -0.000000164. The summed E-state index contributed by atoms with van der Waals surface area (Å²) >= 11 is 0. The van der Waals surface area contributed by atoms with Gasteiger partial charge >= 0.3 is 0 Å². The van der Waals surface area contributed by atoms with Crippen molar-refractivity contribution < 1.29 is 14.8 Å². The van der Waals surface area contributed by atoms with Gasteiger partial charge in [-0.2, -0.15) is 10.5 Å². The number of hydrogen-bond acceptors (Lipinski definition) is 7. The Kier molecular flexibility index (Phi) is 15.4. The third-order valence-corrected chi connectivity index (χ3v) is 1.83. The molecule has 1 unspecified atom stereocenters. The molecule has 0 aromatic carbocycles. The van der Waals surface area contributed by atoms with Crippen LogP contribution in [0.4, 0.5) is 0 Å². The van der Waals surface area contributed by atoms with Crippen LogP contribution in [-0.4, -0.2) is 39.9 Å². The predicted octanol–water partition coefficient (Wildman–Crippen LogP) is 1.28. The number of rotatable bonds is 2. The molecule has 5 N–H and O–H groups in total. The van der Waals surface area contributed by atoms with Gasteiger partial charge in [0.2, 0.25) is 5.71 Å². The van der Waals surface area contributed by atoms with Gasteiger partial charge in [-0.3, -0.25) is 9.59 Å². The molecule has 0 spiro atoms. The fourth-order valence-corrected chi connectivity index (χ4v) is 1.02. The number of nitrogens with one attached hydrogen (secondary N) is 2. The SMILES string of the molecule is C.C.CC(C)(C)NC(=O)/C(C#N)=N/O.CC(C)(C)NC(=O)C(N)C#N. The summed E-state index contributed by atoms with van der Waals surface area (Å²) in [6.45, 7) is 10.8. The van der Waals surface area contributed by atoms with Crippen LogP contribution in [0.15, 0.2) is 5.16 Å². The van der Waals surface area contributed by atoms with E-state index in [0.29, 0.717) is 0 Å². The quantitative estimate of drug-likeness (QED) is 0.330. The highest BCUT2D eigenvalue weighted by Crippen LogP contribution is 1.98. The molecule has 0 aliphatic heterocycles. The Morgan fingerprint density at radius 1 is 1.04 bits per heavy atom. The zero-order valence-corrected chi connectivity index (χ0v) is 14.3. The third kappa shape index (κ3) is 17.5. The van der Waals surface area contributed by atoms with Crippen LogP contribution in [-0.2, 0) is 9.59 Å². The molecule has 0 rings (SSSR count). The van der Waals surface area contributed by atoms with Crippen LogP contribution in [0.1, 0.15) is 56.4 Å². The van der Waals surface area contributed by atoms with Crippen molar-refractivity contribution in [3.63, 3.8) is 0 Å². The first kappa shape index (κ1) is 30.3. The zero-order valence-electron chi connectivity index (χ0n) is 14.3. The summed E-state index contributed by atoms with van der Waals surface area (Å²) in [4.78, 5) is 21.9. The molecule has 0 saturated heterocycles. The minimum Gasteiger partial charge on any atom is -0.410 e. The molecule has 0 fully saturated rings. The summed E-state index contributed by atoms with van der Waals surface area (Å²) in [6, 6.07) is 2.05. The number of nitrogens with zero attached hydrogens (tertiary/aromatic N) is 3. The number of amides is 2. The molecule has 9 nitrogen and oxygen atoms in total. The lowest BCUT2D eigenvalue weighted by Gasteiger charge is -2.20. The van der Waals surface area contributed by atoms with Crippen LogP contribution in [0.5, 0.6) is 0 Å². The first-order chi connectivity index (χ1) is 10.3. The normalized spacial score (nSPS) is 11.6. The Bertz CT molecular complexity index is 530. The summed E-state index contributed by atoms with van der Waals surface area (Å²) in [5.74, 6) is -1.10. The van der Waals surface area contributed by atoms with E-state index >= 15 is 0 Å². The molecule has 0 saturated carbocycles. The van der Waals surface area contributed by atoms with Crippen molar-refractivity contribution in [3.05, 3.63) is 0 Å². The van der Waals surface area contributed by atoms with E-state index in [4.69, 9.17) is 21.5 Å². The Hall–Kier alpha value is -2.65.